The molecule has 2 aromatic rings. The van der Waals surface area contributed by atoms with Gasteiger partial charge in [-0.3, -0.25) is 4.79 Å². The van der Waals surface area contributed by atoms with Crippen molar-refractivity contribution in [1.29, 1.82) is 0 Å². The van der Waals surface area contributed by atoms with Gasteiger partial charge in [-0.15, -0.1) is 5.10 Å². The van der Waals surface area contributed by atoms with Gasteiger partial charge in [0.05, 0.1) is 11.2 Å². The molecule has 0 aliphatic rings. The highest BCUT2D eigenvalue weighted by molar-refractivity contribution is 5.96. The third-order valence-corrected chi connectivity index (χ3v) is 3.70. The lowest BCUT2D eigenvalue weighted by Gasteiger charge is -2.21. The van der Waals surface area contributed by atoms with Crippen LogP contribution in [0.2, 0.25) is 0 Å². The first-order valence-electron chi connectivity index (χ1n) is 7.57. The summed E-state index contributed by atoms with van der Waals surface area (Å²) < 4.78 is 1.81. The molecule has 5 heteroatoms. The summed E-state index contributed by atoms with van der Waals surface area (Å²) in [5.74, 6) is 0.318. The van der Waals surface area contributed by atoms with E-state index >= 15 is 0 Å². The summed E-state index contributed by atoms with van der Waals surface area (Å²) in [6, 6.07) is 9.93. The molecular formula is C17H24N4O. The molecule has 118 valence electrons. The molecule has 0 spiro atoms. The lowest BCUT2D eigenvalue weighted by atomic mass is 9.97. The predicted molar refractivity (Wildman–Crippen MR) is 89.2 cm³/mol. The molecule has 1 unspecified atom stereocenters. The zero-order valence-electron chi connectivity index (χ0n) is 13.7. The summed E-state index contributed by atoms with van der Waals surface area (Å²) in [6.07, 6.45) is 1.49. The van der Waals surface area contributed by atoms with Crippen molar-refractivity contribution in [3.05, 3.63) is 41.6 Å². The minimum Gasteiger partial charge on any atom is -0.318 e. The summed E-state index contributed by atoms with van der Waals surface area (Å²) in [7, 11) is 0. The molecule has 0 bridgehead atoms. The van der Waals surface area contributed by atoms with E-state index < -0.39 is 5.54 Å². The SMILES string of the molecule is CCCC(C)(N)C(=O)Nc1cc(C)n(-c2ccc(C)cc2)n1. The summed E-state index contributed by atoms with van der Waals surface area (Å²) in [5.41, 5.74) is 8.28. The highest BCUT2D eigenvalue weighted by atomic mass is 16.2. The maximum Gasteiger partial charge on any atom is 0.245 e. The maximum absolute atomic E-state index is 12.2. The van der Waals surface area contributed by atoms with Crippen LogP contribution in [0.3, 0.4) is 0 Å². The summed E-state index contributed by atoms with van der Waals surface area (Å²) in [5, 5.41) is 7.27. The van der Waals surface area contributed by atoms with Gasteiger partial charge in [0.2, 0.25) is 5.91 Å². The minimum absolute atomic E-state index is 0.206. The van der Waals surface area contributed by atoms with Crippen molar-refractivity contribution in [2.75, 3.05) is 5.32 Å². The number of aromatic nitrogens is 2. The fourth-order valence-electron chi connectivity index (χ4n) is 2.37. The molecule has 22 heavy (non-hydrogen) atoms. The summed E-state index contributed by atoms with van der Waals surface area (Å²) in [4.78, 5) is 12.2. The van der Waals surface area contributed by atoms with Gasteiger partial charge in [0.1, 0.15) is 0 Å². The van der Waals surface area contributed by atoms with E-state index in [0.717, 1.165) is 17.8 Å². The average molecular weight is 300 g/mol. The second-order valence-corrected chi connectivity index (χ2v) is 6.04. The van der Waals surface area contributed by atoms with Crippen molar-refractivity contribution >= 4 is 11.7 Å². The van der Waals surface area contributed by atoms with Crippen LogP contribution in [0.4, 0.5) is 5.82 Å². The highest BCUT2D eigenvalue weighted by Gasteiger charge is 2.27. The molecule has 1 atom stereocenters. The van der Waals surface area contributed by atoms with Gasteiger partial charge in [-0.25, -0.2) is 4.68 Å². The zero-order chi connectivity index (χ0) is 16.3. The van der Waals surface area contributed by atoms with E-state index in [1.807, 2.05) is 55.8 Å². The van der Waals surface area contributed by atoms with E-state index in [9.17, 15) is 4.79 Å². The van der Waals surface area contributed by atoms with E-state index in [1.54, 1.807) is 6.92 Å². The van der Waals surface area contributed by atoms with Crippen LogP contribution in [0.25, 0.3) is 5.69 Å². The molecule has 1 aromatic heterocycles. The number of aryl methyl sites for hydroxylation is 2. The molecule has 2 rings (SSSR count). The number of benzene rings is 1. The molecule has 0 radical (unpaired) electrons. The van der Waals surface area contributed by atoms with Gasteiger partial charge in [0.25, 0.3) is 0 Å². The lowest BCUT2D eigenvalue weighted by molar-refractivity contribution is -0.120. The van der Waals surface area contributed by atoms with Crippen LogP contribution in [-0.4, -0.2) is 21.2 Å². The smallest absolute Gasteiger partial charge is 0.245 e. The second kappa shape index (κ2) is 6.32. The van der Waals surface area contributed by atoms with Gasteiger partial charge in [-0.1, -0.05) is 31.0 Å². The van der Waals surface area contributed by atoms with Crippen LogP contribution in [0.15, 0.2) is 30.3 Å². The molecular weight excluding hydrogens is 276 g/mol. The molecule has 1 heterocycles. The second-order valence-electron chi connectivity index (χ2n) is 6.04. The Morgan fingerprint density at radius 3 is 2.55 bits per heavy atom. The molecule has 1 aromatic carbocycles. The Labute approximate surface area is 131 Å². The minimum atomic E-state index is -0.879. The van der Waals surface area contributed by atoms with Crippen LogP contribution in [0, 0.1) is 13.8 Å². The van der Waals surface area contributed by atoms with Gasteiger partial charge in [-0.05, 0) is 39.3 Å². The summed E-state index contributed by atoms with van der Waals surface area (Å²) in [6.45, 7) is 7.75. The molecule has 3 N–H and O–H groups in total. The number of amides is 1. The summed E-state index contributed by atoms with van der Waals surface area (Å²) >= 11 is 0. The zero-order valence-corrected chi connectivity index (χ0v) is 13.7. The number of rotatable bonds is 5. The molecule has 0 aliphatic carbocycles. The molecule has 0 fully saturated rings. The van der Waals surface area contributed by atoms with Crippen molar-refractivity contribution in [1.82, 2.24) is 9.78 Å². The van der Waals surface area contributed by atoms with Gasteiger partial charge >= 0.3 is 0 Å². The number of hydrogen-bond acceptors (Lipinski definition) is 3. The highest BCUT2D eigenvalue weighted by Crippen LogP contribution is 2.17. The van der Waals surface area contributed by atoms with E-state index in [0.29, 0.717) is 12.2 Å². The van der Waals surface area contributed by atoms with Crippen LogP contribution in [-0.2, 0) is 4.79 Å². The van der Waals surface area contributed by atoms with Crippen molar-refractivity contribution in [2.24, 2.45) is 5.73 Å². The molecule has 1 amide bonds. The number of carbonyl (C=O) groups is 1. The largest absolute Gasteiger partial charge is 0.318 e. The van der Waals surface area contributed by atoms with Gasteiger partial charge in [0.15, 0.2) is 5.82 Å². The van der Waals surface area contributed by atoms with Gasteiger partial charge < -0.3 is 11.1 Å². The third-order valence-electron chi connectivity index (χ3n) is 3.70. The van der Waals surface area contributed by atoms with E-state index in [-0.39, 0.29) is 5.91 Å². The van der Waals surface area contributed by atoms with Gasteiger partial charge in [0, 0.05) is 11.8 Å². The maximum atomic E-state index is 12.2. The molecule has 5 nitrogen and oxygen atoms in total. The lowest BCUT2D eigenvalue weighted by Crippen LogP contribution is -2.48. The van der Waals surface area contributed by atoms with Gasteiger partial charge in [-0.2, -0.15) is 0 Å². The first-order valence-corrected chi connectivity index (χ1v) is 7.57. The fourth-order valence-corrected chi connectivity index (χ4v) is 2.37. The monoisotopic (exact) mass is 300 g/mol. The number of hydrogen-bond donors (Lipinski definition) is 2. The Bertz CT molecular complexity index is 656. The number of nitrogens with two attached hydrogens (primary N) is 1. The normalized spacial score (nSPS) is 13.7. The number of carbonyl (C=O) groups excluding carboxylic acids is 1. The Hall–Kier alpha value is -2.14. The molecule has 0 aliphatic heterocycles. The Morgan fingerprint density at radius 1 is 1.32 bits per heavy atom. The standard InChI is InChI=1S/C17H24N4O/c1-5-10-17(4,18)16(22)19-15-11-13(3)21(20-15)14-8-6-12(2)7-9-14/h6-9,11H,5,10,18H2,1-4H3,(H,19,20,22). The quantitative estimate of drug-likeness (QED) is 0.891. The Balaban J connectivity index is 2.20. The van der Waals surface area contributed by atoms with Crippen LogP contribution in [0.1, 0.15) is 37.9 Å². The first-order chi connectivity index (χ1) is 10.3. The topological polar surface area (TPSA) is 72.9 Å². The Kier molecular flexibility index (Phi) is 4.66. The average Bonchev–Trinajstić information content (AvgIpc) is 2.80. The Morgan fingerprint density at radius 2 is 1.95 bits per heavy atom. The number of nitrogens with one attached hydrogen (secondary N) is 1. The fraction of sp³-hybridized carbons (Fsp3) is 0.412. The number of nitrogens with zero attached hydrogens (tertiary/aromatic N) is 2. The van der Waals surface area contributed by atoms with Crippen LogP contribution in [0.5, 0.6) is 0 Å². The van der Waals surface area contributed by atoms with Crippen molar-refractivity contribution in [2.45, 2.75) is 46.1 Å². The van der Waals surface area contributed by atoms with E-state index in [1.165, 1.54) is 5.56 Å². The van der Waals surface area contributed by atoms with E-state index in [2.05, 4.69) is 10.4 Å². The first kappa shape index (κ1) is 16.2. The molecule has 0 saturated heterocycles. The third kappa shape index (κ3) is 3.54. The van der Waals surface area contributed by atoms with Crippen LogP contribution < -0.4 is 11.1 Å². The van der Waals surface area contributed by atoms with Crippen molar-refractivity contribution in [3.8, 4) is 5.69 Å². The van der Waals surface area contributed by atoms with E-state index in [4.69, 9.17) is 5.73 Å². The number of anilines is 1. The predicted octanol–water partition coefficient (Wildman–Crippen LogP) is 2.95. The molecule has 0 saturated carbocycles. The van der Waals surface area contributed by atoms with Crippen molar-refractivity contribution in [3.63, 3.8) is 0 Å². The van der Waals surface area contributed by atoms with Crippen molar-refractivity contribution < 1.29 is 4.79 Å². The van der Waals surface area contributed by atoms with Crippen LogP contribution >= 0.6 is 0 Å².